The Kier molecular flexibility index (Phi) is 6.10. The number of benzene rings is 2. The van der Waals surface area contributed by atoms with E-state index < -0.39 is 17.5 Å². The number of nitrogens with one attached hydrogen (secondary N) is 1. The van der Waals surface area contributed by atoms with Crippen LogP contribution in [0.1, 0.15) is 5.56 Å². The molecule has 23 heavy (non-hydrogen) atoms. The molecule has 0 bridgehead atoms. The van der Waals surface area contributed by atoms with Crippen LogP contribution in [-0.4, -0.2) is 24.4 Å². The molecule has 0 aliphatic rings. The minimum absolute atomic E-state index is 0.0276. The lowest BCUT2D eigenvalue weighted by Gasteiger charge is -2.17. The zero-order valence-corrected chi connectivity index (χ0v) is 14.6. The van der Waals surface area contributed by atoms with E-state index in [-0.39, 0.29) is 18.8 Å². The number of hydrogen-bond acceptors (Lipinski definition) is 2. The summed E-state index contributed by atoms with van der Waals surface area (Å²) in [7, 11) is 1.65. The lowest BCUT2D eigenvalue weighted by atomic mass is 10.2. The van der Waals surface area contributed by atoms with Gasteiger partial charge in [0.2, 0.25) is 5.91 Å². The smallest absolute Gasteiger partial charge is 0.238 e. The van der Waals surface area contributed by atoms with Gasteiger partial charge in [-0.15, -0.1) is 0 Å². The summed E-state index contributed by atoms with van der Waals surface area (Å²) in [5, 5.41) is 2.78. The van der Waals surface area contributed by atoms with Gasteiger partial charge < -0.3 is 5.32 Å². The Bertz CT molecular complexity index is 707. The molecule has 1 N–H and O–H groups in total. The molecule has 0 heterocycles. The molecule has 7 heteroatoms. The molecule has 0 aliphatic carbocycles. The average Bonchev–Trinajstić information content (AvgIpc) is 2.46. The Labute approximate surface area is 146 Å². The molecule has 122 valence electrons. The van der Waals surface area contributed by atoms with Crippen LogP contribution >= 0.6 is 27.5 Å². The van der Waals surface area contributed by atoms with E-state index in [1.54, 1.807) is 24.1 Å². The molecule has 2 aromatic rings. The SMILES string of the molecule is CN(CC(=O)Nc1ccc(Br)cc1F)Cc1c(F)cccc1Cl. The number of anilines is 1. The maximum Gasteiger partial charge on any atom is 0.238 e. The summed E-state index contributed by atoms with van der Waals surface area (Å²) >= 11 is 9.10. The summed E-state index contributed by atoms with van der Waals surface area (Å²) in [5.74, 6) is -1.36. The lowest BCUT2D eigenvalue weighted by Crippen LogP contribution is -2.30. The van der Waals surface area contributed by atoms with Gasteiger partial charge in [0.15, 0.2) is 0 Å². The Hall–Kier alpha value is -1.50. The van der Waals surface area contributed by atoms with Crippen LogP contribution in [0.3, 0.4) is 0 Å². The van der Waals surface area contributed by atoms with Crippen LogP contribution in [0.2, 0.25) is 5.02 Å². The van der Waals surface area contributed by atoms with Crippen molar-refractivity contribution in [2.24, 2.45) is 0 Å². The third-order valence-corrected chi connectivity index (χ3v) is 3.96. The molecule has 0 spiro atoms. The molecule has 0 unspecified atom stereocenters. The summed E-state index contributed by atoms with van der Waals surface area (Å²) in [6, 6.07) is 8.77. The van der Waals surface area contributed by atoms with Crippen LogP contribution in [0.4, 0.5) is 14.5 Å². The van der Waals surface area contributed by atoms with Crippen molar-refractivity contribution in [1.82, 2.24) is 4.90 Å². The van der Waals surface area contributed by atoms with E-state index in [1.165, 1.54) is 24.3 Å². The van der Waals surface area contributed by atoms with Crippen molar-refractivity contribution in [2.75, 3.05) is 18.9 Å². The third kappa shape index (κ3) is 4.99. The first-order valence-corrected chi connectivity index (χ1v) is 7.90. The maximum absolute atomic E-state index is 13.7. The largest absolute Gasteiger partial charge is 0.322 e. The maximum atomic E-state index is 13.7. The molecule has 1 amide bonds. The Balaban J connectivity index is 1.97. The van der Waals surface area contributed by atoms with Gasteiger partial charge in [0.05, 0.1) is 12.2 Å². The van der Waals surface area contributed by atoms with Crippen LogP contribution in [0.25, 0.3) is 0 Å². The number of amides is 1. The number of nitrogens with zero attached hydrogens (tertiary/aromatic N) is 1. The molecule has 0 saturated heterocycles. The van der Waals surface area contributed by atoms with Crippen molar-refractivity contribution >= 4 is 39.1 Å². The zero-order chi connectivity index (χ0) is 17.0. The lowest BCUT2D eigenvalue weighted by molar-refractivity contribution is -0.117. The molecule has 3 nitrogen and oxygen atoms in total. The van der Waals surface area contributed by atoms with Crippen molar-refractivity contribution in [3.63, 3.8) is 0 Å². The summed E-state index contributed by atoms with van der Waals surface area (Å²) in [4.78, 5) is 13.6. The third-order valence-electron chi connectivity index (χ3n) is 3.11. The van der Waals surface area contributed by atoms with Crippen LogP contribution in [0, 0.1) is 11.6 Å². The van der Waals surface area contributed by atoms with Crippen molar-refractivity contribution < 1.29 is 13.6 Å². The Morgan fingerprint density at radius 3 is 2.65 bits per heavy atom. The fourth-order valence-corrected chi connectivity index (χ4v) is 2.59. The molecule has 0 radical (unpaired) electrons. The van der Waals surface area contributed by atoms with Gasteiger partial charge in [0.25, 0.3) is 0 Å². The normalized spacial score (nSPS) is 10.9. The molecule has 0 fully saturated rings. The molecular weight excluding hydrogens is 390 g/mol. The molecule has 2 aromatic carbocycles. The zero-order valence-electron chi connectivity index (χ0n) is 12.2. The molecular formula is C16H14BrClF2N2O. The molecule has 0 aliphatic heterocycles. The summed E-state index contributed by atoms with van der Waals surface area (Å²) in [6.45, 7) is 0.141. The number of halogens is 4. The van der Waals surface area contributed by atoms with E-state index in [9.17, 15) is 13.6 Å². The predicted molar refractivity (Wildman–Crippen MR) is 90.5 cm³/mol. The van der Waals surface area contributed by atoms with E-state index in [4.69, 9.17) is 11.6 Å². The Morgan fingerprint density at radius 1 is 1.26 bits per heavy atom. The van der Waals surface area contributed by atoms with Gasteiger partial charge in [-0.05, 0) is 37.4 Å². The van der Waals surface area contributed by atoms with Crippen molar-refractivity contribution in [1.29, 1.82) is 0 Å². The highest BCUT2D eigenvalue weighted by molar-refractivity contribution is 9.10. The fourth-order valence-electron chi connectivity index (χ4n) is 2.03. The summed E-state index contributed by atoms with van der Waals surface area (Å²) in [6.07, 6.45) is 0. The van der Waals surface area contributed by atoms with Crippen LogP contribution in [-0.2, 0) is 11.3 Å². The molecule has 0 aromatic heterocycles. The van der Waals surface area contributed by atoms with E-state index >= 15 is 0 Å². The van der Waals surface area contributed by atoms with Crippen LogP contribution < -0.4 is 5.32 Å². The van der Waals surface area contributed by atoms with E-state index in [0.717, 1.165) is 0 Å². The van der Waals surface area contributed by atoms with Gasteiger partial charge in [0.1, 0.15) is 11.6 Å². The van der Waals surface area contributed by atoms with Gasteiger partial charge in [-0.1, -0.05) is 33.6 Å². The average molecular weight is 404 g/mol. The second kappa shape index (κ2) is 7.86. The first-order valence-electron chi connectivity index (χ1n) is 6.73. The number of carbonyl (C=O) groups excluding carboxylic acids is 1. The van der Waals surface area contributed by atoms with Crippen molar-refractivity contribution in [3.05, 3.63) is 63.1 Å². The van der Waals surface area contributed by atoms with Gasteiger partial charge in [-0.2, -0.15) is 0 Å². The fraction of sp³-hybridized carbons (Fsp3) is 0.188. The highest BCUT2D eigenvalue weighted by Crippen LogP contribution is 2.21. The number of likely N-dealkylation sites (N-methyl/N-ethyl adjacent to an activating group) is 1. The van der Waals surface area contributed by atoms with Gasteiger partial charge >= 0.3 is 0 Å². The minimum atomic E-state index is -0.535. The van der Waals surface area contributed by atoms with E-state index in [1.807, 2.05) is 0 Å². The van der Waals surface area contributed by atoms with Gasteiger partial charge in [-0.3, -0.25) is 9.69 Å². The predicted octanol–water partition coefficient (Wildman–Crippen LogP) is 4.45. The highest BCUT2D eigenvalue weighted by Gasteiger charge is 2.13. The molecule has 0 atom stereocenters. The van der Waals surface area contributed by atoms with Crippen LogP contribution in [0.15, 0.2) is 40.9 Å². The second-order valence-electron chi connectivity index (χ2n) is 5.04. The summed E-state index contributed by atoms with van der Waals surface area (Å²) in [5.41, 5.74) is 0.412. The minimum Gasteiger partial charge on any atom is -0.322 e. The van der Waals surface area contributed by atoms with E-state index in [2.05, 4.69) is 21.2 Å². The quantitative estimate of drug-likeness (QED) is 0.800. The van der Waals surface area contributed by atoms with E-state index in [0.29, 0.717) is 15.1 Å². The van der Waals surface area contributed by atoms with Crippen molar-refractivity contribution in [2.45, 2.75) is 6.54 Å². The standard InChI is InChI=1S/C16H14BrClF2N2O/c1-22(8-11-12(18)3-2-4-13(11)19)9-16(23)21-15-6-5-10(17)7-14(15)20/h2-7H,8-9H2,1H3,(H,21,23). The first-order chi connectivity index (χ1) is 10.9. The number of rotatable bonds is 5. The molecule has 2 rings (SSSR count). The van der Waals surface area contributed by atoms with Crippen molar-refractivity contribution in [3.8, 4) is 0 Å². The highest BCUT2D eigenvalue weighted by atomic mass is 79.9. The van der Waals surface area contributed by atoms with Gasteiger partial charge in [0, 0.05) is 21.6 Å². The topological polar surface area (TPSA) is 32.3 Å². The number of carbonyl (C=O) groups is 1. The summed E-state index contributed by atoms with van der Waals surface area (Å²) < 4.78 is 28.0. The number of hydrogen-bond donors (Lipinski definition) is 1. The second-order valence-corrected chi connectivity index (χ2v) is 6.37. The van der Waals surface area contributed by atoms with Crippen LogP contribution in [0.5, 0.6) is 0 Å². The monoisotopic (exact) mass is 402 g/mol. The Morgan fingerprint density at radius 2 is 2.00 bits per heavy atom. The van der Waals surface area contributed by atoms with Gasteiger partial charge in [-0.25, -0.2) is 8.78 Å². The first kappa shape index (κ1) is 17.8. The molecule has 0 saturated carbocycles.